The quantitative estimate of drug-likeness (QED) is 0.232. The van der Waals surface area contributed by atoms with Crippen molar-refractivity contribution in [3.05, 3.63) is 77.1 Å². The third-order valence-corrected chi connectivity index (χ3v) is 6.40. The van der Waals surface area contributed by atoms with E-state index < -0.39 is 23.6 Å². The van der Waals surface area contributed by atoms with E-state index >= 15 is 0 Å². The van der Waals surface area contributed by atoms with Gasteiger partial charge in [-0.3, -0.25) is 0 Å². The lowest BCUT2D eigenvalue weighted by atomic mass is 9.78. The maximum Gasteiger partial charge on any atom is 0.200 e. The number of hydrogen-bond donors (Lipinski definition) is 1. The molecule has 0 saturated heterocycles. The predicted molar refractivity (Wildman–Crippen MR) is 129 cm³/mol. The lowest BCUT2D eigenvalue weighted by Crippen LogP contribution is -2.14. The third-order valence-electron chi connectivity index (χ3n) is 6.40. The monoisotopic (exact) mass is 470 g/mol. The van der Waals surface area contributed by atoms with Crippen LogP contribution >= 0.6 is 0 Å². The highest BCUT2D eigenvalue weighted by Crippen LogP contribution is 2.38. The fourth-order valence-corrected chi connectivity index (χ4v) is 4.39. The number of ether oxygens (including phenoxy) is 1. The fourth-order valence-electron chi connectivity index (χ4n) is 4.39. The maximum absolute atomic E-state index is 14.7. The first-order valence-electron chi connectivity index (χ1n) is 12.1. The number of benzene rings is 2. The minimum Gasteiger partial charge on any atom is -0.490 e. The molecule has 0 aliphatic heterocycles. The number of halogens is 3. The summed E-state index contributed by atoms with van der Waals surface area (Å²) in [7, 11) is 0. The van der Waals surface area contributed by atoms with Gasteiger partial charge in [-0.25, -0.2) is 8.78 Å². The molecular weight excluding hydrogens is 437 g/mol. The summed E-state index contributed by atoms with van der Waals surface area (Å²) in [6.07, 6.45) is 6.83. The molecular formula is C29H33F3O2. The average Bonchev–Trinajstić information content (AvgIpc) is 2.84. The molecule has 182 valence electrons. The highest BCUT2D eigenvalue weighted by atomic mass is 19.2. The van der Waals surface area contributed by atoms with Crippen molar-refractivity contribution >= 4 is 0 Å². The number of hydrogen-bond acceptors (Lipinski definition) is 2. The number of aliphatic hydroxyl groups is 1. The van der Waals surface area contributed by atoms with Gasteiger partial charge in [0.2, 0.25) is 5.82 Å². The summed E-state index contributed by atoms with van der Waals surface area (Å²) in [5.74, 6) is 3.84. The molecule has 5 heteroatoms. The minimum absolute atomic E-state index is 0.0554. The second kappa shape index (κ2) is 12.7. The molecule has 2 aromatic rings. The molecule has 1 saturated carbocycles. The van der Waals surface area contributed by atoms with Crippen LogP contribution in [0.15, 0.2) is 43.0 Å². The SMILES string of the molecule is C=CCCCOc1ccc(C2CCC(C#Cc3ccc(C(O)CCC)cc3F)CC2)c(F)c1F. The van der Waals surface area contributed by atoms with E-state index in [1.165, 1.54) is 12.1 Å². The van der Waals surface area contributed by atoms with Crippen molar-refractivity contribution < 1.29 is 23.0 Å². The molecule has 34 heavy (non-hydrogen) atoms. The first kappa shape index (κ1) is 25.9. The Hall–Kier alpha value is -2.71. The van der Waals surface area contributed by atoms with Crippen LogP contribution in [0.1, 0.15) is 87.0 Å². The molecule has 1 aliphatic carbocycles. The molecule has 0 radical (unpaired) electrons. The van der Waals surface area contributed by atoms with Gasteiger partial charge >= 0.3 is 0 Å². The summed E-state index contributed by atoms with van der Waals surface area (Å²) >= 11 is 0. The molecule has 1 fully saturated rings. The van der Waals surface area contributed by atoms with Crippen molar-refractivity contribution in [2.24, 2.45) is 5.92 Å². The lowest BCUT2D eigenvalue weighted by molar-refractivity contribution is 0.166. The van der Waals surface area contributed by atoms with Crippen LogP contribution in [-0.2, 0) is 0 Å². The fraction of sp³-hybridized carbons (Fsp3) is 0.448. The largest absolute Gasteiger partial charge is 0.490 e. The zero-order valence-electron chi connectivity index (χ0n) is 19.8. The standard InChI is InChI=1S/C29H33F3O2/c1-3-5-6-18-34-27-17-16-24(28(31)29(27)32)21-11-8-20(9-12-21)10-13-22-14-15-23(19-25(22)30)26(33)7-4-2/h3,14-17,19-21,26,33H,1,4-9,11-12,18H2,2H3. The molecule has 1 aliphatic rings. The average molecular weight is 471 g/mol. The van der Waals surface area contributed by atoms with Gasteiger partial charge in [0.05, 0.1) is 18.3 Å². The first-order valence-corrected chi connectivity index (χ1v) is 12.1. The van der Waals surface area contributed by atoms with Crippen LogP contribution in [0, 0.1) is 35.2 Å². The van der Waals surface area contributed by atoms with Crippen LogP contribution in [-0.4, -0.2) is 11.7 Å². The molecule has 0 amide bonds. The summed E-state index contributed by atoms with van der Waals surface area (Å²) in [6, 6.07) is 7.82. The second-order valence-corrected chi connectivity index (χ2v) is 8.92. The highest BCUT2D eigenvalue weighted by molar-refractivity contribution is 5.39. The topological polar surface area (TPSA) is 29.5 Å². The maximum atomic E-state index is 14.7. The van der Waals surface area contributed by atoms with Gasteiger partial charge in [0.1, 0.15) is 5.82 Å². The lowest BCUT2D eigenvalue weighted by Gasteiger charge is -2.26. The van der Waals surface area contributed by atoms with Gasteiger partial charge in [-0.1, -0.05) is 43.4 Å². The van der Waals surface area contributed by atoms with Crippen LogP contribution in [0.3, 0.4) is 0 Å². The van der Waals surface area contributed by atoms with Gasteiger partial charge < -0.3 is 9.84 Å². The molecule has 2 nitrogen and oxygen atoms in total. The Bertz CT molecular complexity index is 1030. The molecule has 2 aromatic carbocycles. The van der Waals surface area contributed by atoms with Gasteiger partial charge in [-0.15, -0.1) is 6.58 Å². The van der Waals surface area contributed by atoms with E-state index in [1.54, 1.807) is 24.3 Å². The number of unbranched alkanes of at least 4 members (excludes halogenated alkanes) is 1. The summed E-state index contributed by atoms with van der Waals surface area (Å²) in [5, 5.41) is 10.0. The summed E-state index contributed by atoms with van der Waals surface area (Å²) in [6.45, 7) is 5.91. The van der Waals surface area contributed by atoms with E-state index in [-0.39, 0.29) is 17.6 Å². The molecule has 0 bridgehead atoms. The van der Waals surface area contributed by atoms with Gasteiger partial charge in [-0.2, -0.15) is 4.39 Å². The normalized spacial score (nSPS) is 18.6. The smallest absolute Gasteiger partial charge is 0.200 e. The van der Waals surface area contributed by atoms with E-state index in [4.69, 9.17) is 4.74 Å². The zero-order chi connectivity index (χ0) is 24.5. The molecule has 0 spiro atoms. The Morgan fingerprint density at radius 1 is 1.12 bits per heavy atom. The Balaban J connectivity index is 1.58. The summed E-state index contributed by atoms with van der Waals surface area (Å²) < 4.78 is 49.0. The van der Waals surface area contributed by atoms with E-state index in [1.807, 2.05) is 6.92 Å². The Morgan fingerprint density at radius 3 is 2.56 bits per heavy atom. The van der Waals surface area contributed by atoms with Gasteiger partial charge in [0.25, 0.3) is 0 Å². The van der Waals surface area contributed by atoms with Crippen molar-refractivity contribution in [3.63, 3.8) is 0 Å². The van der Waals surface area contributed by atoms with Crippen molar-refractivity contribution in [1.82, 2.24) is 0 Å². The molecule has 0 aromatic heterocycles. The predicted octanol–water partition coefficient (Wildman–Crippen LogP) is 7.61. The van der Waals surface area contributed by atoms with Crippen LogP contribution < -0.4 is 4.74 Å². The number of allylic oxidation sites excluding steroid dienone is 1. The van der Waals surface area contributed by atoms with Gasteiger partial charge in [0, 0.05) is 5.92 Å². The van der Waals surface area contributed by atoms with Crippen LogP contribution in [0.25, 0.3) is 0 Å². The number of aliphatic hydroxyl groups excluding tert-OH is 1. The Morgan fingerprint density at radius 2 is 1.88 bits per heavy atom. The van der Waals surface area contributed by atoms with Gasteiger partial charge in [0.15, 0.2) is 11.6 Å². The Labute approximate surface area is 200 Å². The third kappa shape index (κ3) is 6.67. The van der Waals surface area contributed by atoms with Crippen LogP contribution in [0.2, 0.25) is 0 Å². The van der Waals surface area contributed by atoms with E-state index in [9.17, 15) is 18.3 Å². The Kier molecular flexibility index (Phi) is 9.65. The summed E-state index contributed by atoms with van der Waals surface area (Å²) in [4.78, 5) is 0. The van der Waals surface area contributed by atoms with Crippen molar-refractivity contribution in [2.45, 2.75) is 70.3 Å². The van der Waals surface area contributed by atoms with E-state index in [0.717, 1.165) is 25.7 Å². The molecule has 0 heterocycles. The van der Waals surface area contributed by atoms with Crippen LogP contribution in [0.5, 0.6) is 5.75 Å². The van der Waals surface area contributed by atoms with E-state index in [0.29, 0.717) is 49.0 Å². The molecule has 3 rings (SSSR count). The highest BCUT2D eigenvalue weighted by Gasteiger charge is 2.26. The van der Waals surface area contributed by atoms with Crippen molar-refractivity contribution in [2.75, 3.05) is 6.61 Å². The molecule has 1 unspecified atom stereocenters. The second-order valence-electron chi connectivity index (χ2n) is 8.92. The minimum atomic E-state index is -0.930. The van der Waals surface area contributed by atoms with Crippen molar-refractivity contribution in [3.8, 4) is 17.6 Å². The number of rotatable bonds is 9. The van der Waals surface area contributed by atoms with Gasteiger partial charge in [-0.05, 0) is 80.2 Å². The zero-order valence-corrected chi connectivity index (χ0v) is 19.8. The summed E-state index contributed by atoms with van der Waals surface area (Å²) in [5.41, 5.74) is 1.26. The van der Waals surface area contributed by atoms with E-state index in [2.05, 4.69) is 18.4 Å². The van der Waals surface area contributed by atoms with Crippen molar-refractivity contribution in [1.29, 1.82) is 0 Å². The van der Waals surface area contributed by atoms with Crippen LogP contribution in [0.4, 0.5) is 13.2 Å². The molecule has 1 N–H and O–H groups in total. The first-order chi connectivity index (χ1) is 16.4. The molecule has 1 atom stereocenters.